The molecular weight excluding hydrogens is 817 g/mol. The first kappa shape index (κ1) is 39.2. The zero-order chi connectivity index (χ0) is 35.6. The van der Waals surface area contributed by atoms with Gasteiger partial charge in [0.2, 0.25) is 0 Å². The third kappa shape index (κ3) is 7.96. The molecule has 1 radical (unpaired) electrons. The maximum atomic E-state index is 12.2. The molecule has 0 fully saturated rings. The van der Waals surface area contributed by atoms with Crippen LogP contribution in [0.4, 0.5) is 0 Å². The molecule has 4 heterocycles. The Labute approximate surface area is 314 Å². The summed E-state index contributed by atoms with van der Waals surface area (Å²) >= 11 is 1.73. The quantitative estimate of drug-likeness (QED) is 0.0890. The normalized spacial score (nSPS) is 12.5. The Morgan fingerprint density at radius 1 is 0.880 bits per heavy atom. The summed E-state index contributed by atoms with van der Waals surface area (Å²) in [5.41, 5.74) is 4.48. The van der Waals surface area contributed by atoms with Gasteiger partial charge < -0.3 is 9.52 Å². The van der Waals surface area contributed by atoms with Crippen LogP contribution in [0.1, 0.15) is 93.6 Å². The number of hydrogen-bond donors (Lipinski definition) is 1. The summed E-state index contributed by atoms with van der Waals surface area (Å²) in [5.74, 6) is 0.286. The zero-order valence-electron chi connectivity index (χ0n) is 30.7. The van der Waals surface area contributed by atoms with E-state index in [0.717, 1.165) is 68.6 Å². The van der Waals surface area contributed by atoms with E-state index in [0.29, 0.717) is 0 Å². The van der Waals surface area contributed by atoms with Crippen LogP contribution >= 0.6 is 11.3 Å². The van der Waals surface area contributed by atoms with Gasteiger partial charge in [0.15, 0.2) is 11.4 Å². The molecule has 7 heteroatoms. The number of aromatic nitrogens is 2. The third-order valence-electron chi connectivity index (χ3n) is 10.5. The van der Waals surface area contributed by atoms with Gasteiger partial charge in [-0.15, -0.1) is 40.5 Å². The smallest absolute Gasteiger partial charge is 0.164 e. The van der Waals surface area contributed by atoms with Crippen LogP contribution in [0, 0.1) is 16.9 Å². The van der Waals surface area contributed by atoms with Crippen LogP contribution in [0.15, 0.2) is 89.5 Å². The van der Waals surface area contributed by atoms with Crippen molar-refractivity contribution in [3.05, 3.63) is 96.7 Å². The van der Waals surface area contributed by atoms with E-state index >= 15 is 0 Å². The van der Waals surface area contributed by atoms with Gasteiger partial charge in [0.25, 0.3) is 0 Å². The van der Waals surface area contributed by atoms with Crippen molar-refractivity contribution in [1.82, 2.24) is 9.97 Å². The first-order chi connectivity index (χ1) is 23.3. The Kier molecular flexibility index (Phi) is 12.3. The first-order valence-corrected chi connectivity index (χ1v) is 18.2. The van der Waals surface area contributed by atoms with Crippen molar-refractivity contribution >= 4 is 48.9 Å². The Hall–Kier alpha value is -3.64. The van der Waals surface area contributed by atoms with E-state index in [4.69, 9.17) is 9.40 Å². The van der Waals surface area contributed by atoms with Crippen LogP contribution in [-0.2, 0) is 30.3 Å². The summed E-state index contributed by atoms with van der Waals surface area (Å²) in [4.78, 5) is 22.7. The monoisotopic (exact) mass is 866 g/mol. The molecule has 6 aromatic rings. The maximum Gasteiger partial charge on any atom is 0.164 e. The SMILES string of the molecule is CC(C)(C)c1cc(-c2nccc3cc(-c4cc5ccoc5cn4)sc23)[c-]c2ccccc12.CCC(C)(CC)C(=O)/C=C(\O)C(C)(CC)CC.[Ir]. The van der Waals surface area contributed by atoms with E-state index < -0.39 is 0 Å². The summed E-state index contributed by atoms with van der Waals surface area (Å²) in [6.45, 7) is 18.9. The molecule has 2 aromatic carbocycles. The number of benzene rings is 2. The van der Waals surface area contributed by atoms with Crippen LogP contribution in [-0.4, -0.2) is 20.9 Å². The van der Waals surface area contributed by atoms with Crippen molar-refractivity contribution in [1.29, 1.82) is 0 Å². The summed E-state index contributed by atoms with van der Waals surface area (Å²) in [7, 11) is 0. The molecule has 0 bridgehead atoms. The van der Waals surface area contributed by atoms with Crippen molar-refractivity contribution in [3.8, 4) is 21.8 Å². The largest absolute Gasteiger partial charge is 0.512 e. The van der Waals surface area contributed by atoms with E-state index in [-0.39, 0.29) is 47.9 Å². The summed E-state index contributed by atoms with van der Waals surface area (Å²) in [6.07, 6.45) is 10.1. The molecule has 0 amide bonds. The van der Waals surface area contributed by atoms with Crippen LogP contribution in [0.5, 0.6) is 0 Å². The number of pyridine rings is 2. The van der Waals surface area contributed by atoms with E-state index in [1.807, 2.05) is 53.8 Å². The molecule has 6 rings (SSSR count). The van der Waals surface area contributed by atoms with E-state index in [1.54, 1.807) is 23.8 Å². The number of carbonyl (C=O) groups is 1. The van der Waals surface area contributed by atoms with Crippen molar-refractivity contribution in [2.75, 3.05) is 0 Å². The van der Waals surface area contributed by atoms with Gasteiger partial charge >= 0.3 is 0 Å². The van der Waals surface area contributed by atoms with Crippen molar-refractivity contribution in [2.45, 2.75) is 93.4 Å². The Balaban J connectivity index is 0.000000269. The second kappa shape index (κ2) is 15.7. The van der Waals surface area contributed by atoms with Gasteiger partial charge in [-0.2, -0.15) is 0 Å². The Morgan fingerprint density at radius 3 is 2.22 bits per heavy atom. The topological polar surface area (TPSA) is 76.2 Å². The number of carbonyl (C=O) groups excluding carboxylic acids is 1. The Bertz CT molecular complexity index is 2130. The molecule has 265 valence electrons. The molecule has 0 spiro atoms. The van der Waals surface area contributed by atoms with Crippen molar-refractivity contribution < 1.29 is 34.4 Å². The fourth-order valence-corrected chi connectivity index (χ4v) is 7.07. The molecule has 0 aliphatic carbocycles. The fourth-order valence-electron chi connectivity index (χ4n) is 5.95. The standard InChI is InChI=1S/C28H21N2OS.C15H28O2.Ir/c1-28(2,3)22-13-20(12-17-6-4-5-7-21(17)22)26-27-19(8-10-29-26)15-25(32-27)23-14-18-9-11-31-24(18)16-30-23;1-7-14(5,8-2)12(16)11-13(17)15(6,9-3)10-4;/h4-11,13-16H,1-3H3;11,16H,7-10H2,1-6H3;/q-1;;/b;12-11-;. The molecule has 0 unspecified atom stereocenters. The van der Waals surface area contributed by atoms with Gasteiger partial charge in [-0.25, -0.2) is 0 Å². The molecular formula is C43H49IrN2O3S-. The number of allylic oxidation sites excluding steroid dienone is 2. The van der Waals surface area contributed by atoms with Gasteiger partial charge in [0.1, 0.15) is 5.76 Å². The van der Waals surface area contributed by atoms with Crippen LogP contribution in [0.25, 0.3) is 53.7 Å². The second-order valence-electron chi connectivity index (χ2n) is 14.5. The number of furan rings is 1. The van der Waals surface area contributed by atoms with Gasteiger partial charge in [0, 0.05) is 59.0 Å². The van der Waals surface area contributed by atoms with E-state index in [1.165, 1.54) is 22.4 Å². The minimum absolute atomic E-state index is 0. The minimum Gasteiger partial charge on any atom is -0.512 e. The van der Waals surface area contributed by atoms with Crippen molar-refractivity contribution in [2.24, 2.45) is 10.8 Å². The predicted octanol–water partition coefficient (Wildman–Crippen LogP) is 12.7. The number of aliphatic hydroxyl groups is 1. The number of rotatable bonds is 9. The third-order valence-corrected chi connectivity index (χ3v) is 11.6. The number of thiophene rings is 1. The zero-order valence-corrected chi connectivity index (χ0v) is 33.9. The molecule has 0 aliphatic heterocycles. The number of aliphatic hydroxyl groups excluding tert-OH is 1. The molecule has 0 aliphatic rings. The van der Waals surface area contributed by atoms with Crippen LogP contribution < -0.4 is 0 Å². The van der Waals surface area contributed by atoms with Gasteiger partial charge in [-0.05, 0) is 60.7 Å². The van der Waals surface area contributed by atoms with Crippen LogP contribution in [0.3, 0.4) is 0 Å². The van der Waals surface area contributed by atoms with E-state index in [2.05, 4.69) is 80.4 Å². The molecule has 5 nitrogen and oxygen atoms in total. The number of hydrogen-bond acceptors (Lipinski definition) is 6. The van der Waals surface area contributed by atoms with Gasteiger partial charge in [-0.1, -0.05) is 91.5 Å². The van der Waals surface area contributed by atoms with Crippen LogP contribution in [0.2, 0.25) is 0 Å². The fraction of sp³-hybridized carbons (Fsp3) is 0.372. The summed E-state index contributed by atoms with van der Waals surface area (Å²) in [5, 5.41) is 14.7. The van der Waals surface area contributed by atoms with Crippen molar-refractivity contribution in [3.63, 3.8) is 0 Å². The average molecular weight is 866 g/mol. The molecule has 0 saturated heterocycles. The molecule has 0 saturated carbocycles. The molecule has 1 N–H and O–H groups in total. The van der Waals surface area contributed by atoms with E-state index in [9.17, 15) is 9.90 Å². The molecule has 0 atom stereocenters. The number of fused-ring (bicyclic) bond motifs is 3. The number of ketones is 1. The average Bonchev–Trinajstić information content (AvgIpc) is 3.77. The second-order valence-corrected chi connectivity index (χ2v) is 15.6. The summed E-state index contributed by atoms with van der Waals surface area (Å²) < 4.78 is 6.60. The first-order valence-electron chi connectivity index (χ1n) is 17.4. The molecule has 4 aromatic heterocycles. The van der Waals surface area contributed by atoms with Gasteiger partial charge in [-0.3, -0.25) is 14.8 Å². The number of nitrogens with zero attached hydrogens (tertiary/aromatic N) is 2. The minimum atomic E-state index is -0.337. The molecule has 50 heavy (non-hydrogen) atoms. The Morgan fingerprint density at radius 2 is 1.56 bits per heavy atom. The predicted molar refractivity (Wildman–Crippen MR) is 206 cm³/mol. The summed E-state index contributed by atoms with van der Waals surface area (Å²) in [6, 6.07) is 22.7. The maximum absolute atomic E-state index is 12.2. The van der Waals surface area contributed by atoms with Gasteiger partial charge in [0.05, 0.1) is 23.0 Å².